The van der Waals surface area contributed by atoms with E-state index in [1.807, 2.05) is 0 Å². The Bertz CT molecular complexity index is 426. The third kappa shape index (κ3) is 5.38. The molecular weight excluding hydrogens is 276 g/mol. The van der Waals surface area contributed by atoms with E-state index in [1.165, 1.54) is 0 Å². The highest BCUT2D eigenvalue weighted by molar-refractivity contribution is 6.20. The second-order valence-corrected chi connectivity index (χ2v) is 4.47. The number of carbonyl (C=O) groups excluding carboxylic acids is 2. The molecule has 0 aromatic rings. The Hall–Kier alpha value is -2.78. The van der Waals surface area contributed by atoms with E-state index in [9.17, 15) is 9.59 Å². The highest BCUT2D eigenvalue weighted by atomic mass is 16.1. The molecule has 21 heavy (non-hydrogen) atoms. The monoisotopic (exact) mass is 296 g/mol. The smallest absolute Gasteiger partial charge is 0.151 e. The molecule has 0 saturated heterocycles. The van der Waals surface area contributed by atoms with Crippen LogP contribution < -0.4 is 22.9 Å². The molecule has 10 nitrogen and oxygen atoms in total. The number of hydrogen-bond donors (Lipinski definition) is 8. The number of Topliss-reactive ketones (excluding diaryl/α,β-unsaturated/α-hetero) is 2. The van der Waals surface area contributed by atoms with Gasteiger partial charge in [0, 0.05) is 12.8 Å². The summed E-state index contributed by atoms with van der Waals surface area (Å²) in [6.07, 6.45) is -0.123. The van der Waals surface area contributed by atoms with E-state index in [0.717, 1.165) is 0 Å². The van der Waals surface area contributed by atoms with Crippen LogP contribution in [0.1, 0.15) is 19.3 Å². The molecule has 0 aromatic heterocycles. The van der Waals surface area contributed by atoms with Crippen molar-refractivity contribution in [1.29, 1.82) is 21.6 Å². The third-order valence-corrected chi connectivity index (χ3v) is 2.73. The highest BCUT2D eigenvalue weighted by Crippen LogP contribution is 2.09. The number of hydrogen-bond acceptors (Lipinski definition) is 6. The topological polar surface area (TPSA) is 234 Å². The van der Waals surface area contributed by atoms with Crippen molar-refractivity contribution in [3.63, 3.8) is 0 Å². The highest BCUT2D eigenvalue weighted by Gasteiger charge is 2.27. The van der Waals surface area contributed by atoms with Crippen LogP contribution in [0.15, 0.2) is 0 Å². The number of carbonyl (C=O) groups is 2. The lowest BCUT2D eigenvalue weighted by Gasteiger charge is -2.14. The summed E-state index contributed by atoms with van der Waals surface area (Å²) in [6.45, 7) is 0. The van der Waals surface area contributed by atoms with E-state index >= 15 is 0 Å². The fourth-order valence-corrected chi connectivity index (χ4v) is 1.75. The van der Waals surface area contributed by atoms with Crippen molar-refractivity contribution in [3.8, 4) is 0 Å². The lowest BCUT2D eigenvalue weighted by atomic mass is 9.93. The quantitative estimate of drug-likeness (QED) is 0.172. The van der Waals surface area contributed by atoms with E-state index in [2.05, 4.69) is 0 Å². The van der Waals surface area contributed by atoms with Gasteiger partial charge < -0.3 is 22.9 Å². The fourth-order valence-electron chi connectivity index (χ4n) is 1.75. The van der Waals surface area contributed by atoms with Gasteiger partial charge in [0.05, 0.1) is 0 Å². The van der Waals surface area contributed by atoms with Crippen molar-refractivity contribution in [1.82, 2.24) is 0 Å². The minimum Gasteiger partial charge on any atom is -0.387 e. The summed E-state index contributed by atoms with van der Waals surface area (Å²) in [6, 6.07) is 0. The average Bonchev–Trinajstić information content (AvgIpc) is 2.26. The van der Waals surface area contributed by atoms with Crippen LogP contribution in [0.3, 0.4) is 0 Å². The molecule has 0 bridgehead atoms. The molecular formula is C11H20N8O2. The lowest BCUT2D eigenvalue weighted by molar-refractivity contribution is -0.120. The fraction of sp³-hybridized carbons (Fsp3) is 0.455. The van der Waals surface area contributed by atoms with Gasteiger partial charge >= 0.3 is 0 Å². The zero-order valence-electron chi connectivity index (χ0n) is 11.4. The van der Waals surface area contributed by atoms with Gasteiger partial charge in [0.15, 0.2) is 11.6 Å². The molecule has 0 saturated carbocycles. The van der Waals surface area contributed by atoms with Crippen LogP contribution in [0.4, 0.5) is 0 Å². The molecule has 0 atom stereocenters. The standard InChI is InChI=1S/C11H20N8O2/c12-8(13)6(9(14)15)4(20)2-1-3-5(21)7(10(16)17)11(18)19/h6-7H,1-3H2,(H3,12,13)(H3,14,15)(H3,16,17)(H3,18,19). The Balaban J connectivity index is 4.55. The first-order chi connectivity index (χ1) is 9.59. The first-order valence-electron chi connectivity index (χ1n) is 6.00. The summed E-state index contributed by atoms with van der Waals surface area (Å²) in [4.78, 5) is 23.5. The summed E-state index contributed by atoms with van der Waals surface area (Å²) in [5.74, 6) is -5.73. The number of amidine groups is 4. The minimum absolute atomic E-state index is 0.103. The number of rotatable bonds is 10. The van der Waals surface area contributed by atoms with Crippen LogP contribution >= 0.6 is 0 Å². The van der Waals surface area contributed by atoms with Gasteiger partial charge in [0.25, 0.3) is 0 Å². The lowest BCUT2D eigenvalue weighted by Crippen LogP contribution is -2.40. The van der Waals surface area contributed by atoms with Crippen LogP contribution in [0, 0.1) is 33.5 Å². The van der Waals surface area contributed by atoms with Crippen LogP contribution in [-0.2, 0) is 9.59 Å². The minimum atomic E-state index is -1.28. The number of ketones is 2. The maximum Gasteiger partial charge on any atom is 0.151 e. The maximum atomic E-state index is 11.8. The molecule has 0 amide bonds. The molecule has 0 radical (unpaired) electrons. The molecule has 0 aliphatic rings. The maximum absolute atomic E-state index is 11.8. The van der Waals surface area contributed by atoms with Crippen molar-refractivity contribution in [3.05, 3.63) is 0 Å². The van der Waals surface area contributed by atoms with E-state index in [1.54, 1.807) is 0 Å². The Morgan fingerprint density at radius 3 is 1.10 bits per heavy atom. The van der Waals surface area contributed by atoms with Crippen LogP contribution in [0.5, 0.6) is 0 Å². The molecule has 12 N–H and O–H groups in total. The van der Waals surface area contributed by atoms with Crippen molar-refractivity contribution >= 4 is 34.9 Å². The third-order valence-electron chi connectivity index (χ3n) is 2.73. The zero-order valence-corrected chi connectivity index (χ0v) is 11.4. The van der Waals surface area contributed by atoms with Gasteiger partial charge in [-0.1, -0.05) is 0 Å². The summed E-state index contributed by atoms with van der Waals surface area (Å²) in [5.41, 5.74) is 20.7. The summed E-state index contributed by atoms with van der Waals surface area (Å²) < 4.78 is 0. The molecule has 116 valence electrons. The van der Waals surface area contributed by atoms with E-state index in [0.29, 0.717) is 0 Å². The molecule has 0 aromatic carbocycles. The van der Waals surface area contributed by atoms with Crippen LogP contribution in [-0.4, -0.2) is 34.9 Å². The molecule has 0 fully saturated rings. The molecule has 0 aliphatic carbocycles. The van der Waals surface area contributed by atoms with E-state index < -0.39 is 46.7 Å². The summed E-state index contributed by atoms with van der Waals surface area (Å²) in [5, 5.41) is 28.8. The average molecular weight is 296 g/mol. The van der Waals surface area contributed by atoms with Gasteiger partial charge in [-0.05, 0) is 6.42 Å². The first kappa shape index (κ1) is 18.2. The van der Waals surface area contributed by atoms with Crippen LogP contribution in [0.25, 0.3) is 0 Å². The van der Waals surface area contributed by atoms with Gasteiger partial charge in [0.2, 0.25) is 0 Å². The van der Waals surface area contributed by atoms with Gasteiger partial charge in [-0.2, -0.15) is 0 Å². The number of nitrogens with two attached hydrogens (primary N) is 4. The largest absolute Gasteiger partial charge is 0.387 e. The van der Waals surface area contributed by atoms with Crippen molar-refractivity contribution in [2.24, 2.45) is 34.8 Å². The van der Waals surface area contributed by atoms with Gasteiger partial charge in [0.1, 0.15) is 35.2 Å². The first-order valence-corrected chi connectivity index (χ1v) is 6.00. The molecule has 0 rings (SSSR count). The molecule has 0 aliphatic heterocycles. The Morgan fingerprint density at radius 1 is 0.667 bits per heavy atom. The van der Waals surface area contributed by atoms with Gasteiger partial charge in [-0.25, -0.2) is 0 Å². The number of nitrogens with one attached hydrogen (secondary N) is 4. The Kier molecular flexibility index (Phi) is 6.70. The van der Waals surface area contributed by atoms with Gasteiger partial charge in [-0.15, -0.1) is 0 Å². The van der Waals surface area contributed by atoms with E-state index in [-0.39, 0.29) is 19.3 Å². The van der Waals surface area contributed by atoms with Crippen molar-refractivity contribution < 1.29 is 9.59 Å². The van der Waals surface area contributed by atoms with Gasteiger partial charge in [-0.3, -0.25) is 31.2 Å². The Labute approximate surface area is 121 Å². The molecule has 0 heterocycles. The van der Waals surface area contributed by atoms with Crippen molar-refractivity contribution in [2.75, 3.05) is 0 Å². The predicted octanol–water partition coefficient (Wildman–Crippen LogP) is -1.73. The normalized spacial score (nSPS) is 13.0. The SMILES string of the molecule is N=C(N)C(C(=N)N)C(=O)CCCC(=O)C(C(=N)N)C(=N)N. The van der Waals surface area contributed by atoms with E-state index in [4.69, 9.17) is 44.6 Å². The Morgan fingerprint density at radius 2 is 0.905 bits per heavy atom. The summed E-state index contributed by atoms with van der Waals surface area (Å²) >= 11 is 0. The molecule has 0 spiro atoms. The second kappa shape index (κ2) is 7.72. The molecule has 10 heteroatoms. The zero-order chi connectivity index (χ0) is 16.7. The predicted molar refractivity (Wildman–Crippen MR) is 78.5 cm³/mol. The second-order valence-electron chi connectivity index (χ2n) is 4.47. The summed E-state index contributed by atoms with van der Waals surface area (Å²) in [7, 11) is 0. The molecule has 0 unspecified atom stereocenters. The van der Waals surface area contributed by atoms with Crippen LogP contribution in [0.2, 0.25) is 0 Å². The van der Waals surface area contributed by atoms with Crippen molar-refractivity contribution in [2.45, 2.75) is 19.3 Å².